The minimum absolute atomic E-state index is 0.194. The second kappa shape index (κ2) is 7.97. The van der Waals surface area contributed by atoms with Gasteiger partial charge < -0.3 is 24.1 Å². The summed E-state index contributed by atoms with van der Waals surface area (Å²) in [4.78, 5) is 14.0. The first-order valence-electron chi connectivity index (χ1n) is 6.53. The van der Waals surface area contributed by atoms with Crippen LogP contribution in [0.15, 0.2) is 42.5 Å². The maximum absolute atomic E-state index is 11.5. The van der Waals surface area contributed by atoms with E-state index in [0.29, 0.717) is 6.20 Å². The van der Waals surface area contributed by atoms with Gasteiger partial charge in [-0.15, -0.1) is 0 Å². The molecule has 8 heteroatoms. The Labute approximate surface area is 126 Å². The van der Waals surface area contributed by atoms with E-state index in [4.69, 9.17) is 24.7 Å². The molecule has 0 radical (unpaired) electrons. The molecule has 1 aliphatic heterocycles. The molecular weight excluding hydrogens is 292 g/mol. The number of aliphatic hydroxyl groups excluding tert-OH is 1. The second-order valence-electron chi connectivity index (χ2n) is 4.39. The summed E-state index contributed by atoms with van der Waals surface area (Å²) in [5, 5.41) is 17.1. The van der Waals surface area contributed by atoms with Crippen molar-refractivity contribution in [2.75, 3.05) is 19.8 Å². The molecule has 1 saturated heterocycles. The number of hydrogen-bond donors (Lipinski definition) is 1. The minimum atomic E-state index is -0.701. The van der Waals surface area contributed by atoms with Crippen molar-refractivity contribution in [1.29, 1.82) is 5.39 Å². The summed E-state index contributed by atoms with van der Waals surface area (Å²) in [5.41, 5.74) is 0.887. The first-order chi connectivity index (χ1) is 10.7. The van der Waals surface area contributed by atoms with Crippen LogP contribution >= 0.6 is 0 Å². The molecule has 1 N–H and O–H groups in total. The first kappa shape index (κ1) is 15.8. The topological polar surface area (TPSA) is 102 Å². The molecule has 0 bridgehead atoms. The number of benzene rings is 1. The normalized spacial score (nSPS) is 21.7. The van der Waals surface area contributed by atoms with Crippen LogP contribution in [0.1, 0.15) is 11.9 Å². The van der Waals surface area contributed by atoms with Crippen molar-refractivity contribution in [3.05, 3.63) is 53.0 Å². The molecule has 0 spiro atoms. The summed E-state index contributed by atoms with van der Waals surface area (Å²) in [7, 11) is 0. The van der Waals surface area contributed by atoms with E-state index >= 15 is 0 Å². The average molecular weight is 307 g/mol. The monoisotopic (exact) mass is 307 g/mol. The molecule has 0 aliphatic carbocycles. The quantitative estimate of drug-likeness (QED) is 0.503. The molecule has 8 nitrogen and oxygen atoms in total. The third kappa shape index (κ3) is 4.73. The second-order valence-corrected chi connectivity index (χ2v) is 4.39. The smallest absolute Gasteiger partial charge is 0.429 e. The van der Waals surface area contributed by atoms with E-state index < -0.39 is 30.9 Å². The van der Waals surface area contributed by atoms with Gasteiger partial charge in [-0.05, 0) is 0 Å². The predicted molar refractivity (Wildman–Crippen MR) is 72.7 cm³/mol. The van der Waals surface area contributed by atoms with Crippen LogP contribution in [-0.2, 0) is 23.7 Å². The van der Waals surface area contributed by atoms with Gasteiger partial charge in [0.2, 0.25) is 5.39 Å². The molecule has 1 aliphatic rings. The van der Waals surface area contributed by atoms with Gasteiger partial charge in [0.05, 0.1) is 13.2 Å². The molecule has 116 valence electrons. The van der Waals surface area contributed by atoms with E-state index in [1.54, 1.807) is 0 Å². The lowest BCUT2D eigenvalue weighted by Crippen LogP contribution is -2.36. The molecule has 2 rings (SSSR count). The Morgan fingerprint density at radius 1 is 1.36 bits per heavy atom. The Bertz CT molecular complexity index is 560. The molecule has 1 heterocycles. The van der Waals surface area contributed by atoms with Crippen LogP contribution in [0, 0.1) is 5.39 Å². The largest absolute Gasteiger partial charge is 0.476 e. The number of nitrogens with zero attached hydrogens (tertiary/aromatic N) is 2. The van der Waals surface area contributed by atoms with Crippen LogP contribution in [0.25, 0.3) is 4.98 Å². The number of esters is 1. The summed E-state index contributed by atoms with van der Waals surface area (Å²) < 4.78 is 20.6. The fourth-order valence-electron chi connectivity index (χ4n) is 1.80. The van der Waals surface area contributed by atoms with E-state index in [9.17, 15) is 4.79 Å². The van der Waals surface area contributed by atoms with Crippen molar-refractivity contribution >= 4 is 5.97 Å². The lowest BCUT2D eigenvalue weighted by atomic mass is 10.2. The van der Waals surface area contributed by atoms with E-state index in [-0.39, 0.29) is 13.2 Å². The number of carbonyl (C=O) groups excluding carboxylic acids is 1. The van der Waals surface area contributed by atoms with Gasteiger partial charge in [0.25, 0.3) is 0 Å². The van der Waals surface area contributed by atoms with Crippen molar-refractivity contribution < 1.29 is 28.8 Å². The van der Waals surface area contributed by atoms with Crippen molar-refractivity contribution in [3.63, 3.8) is 0 Å². The van der Waals surface area contributed by atoms with Crippen LogP contribution in [0.3, 0.4) is 0 Å². The van der Waals surface area contributed by atoms with Crippen LogP contribution in [0.4, 0.5) is 0 Å². The number of rotatable bonds is 5. The predicted octanol–water partition coefficient (Wildman–Crippen LogP) is 1.87. The highest BCUT2D eigenvalue weighted by molar-refractivity contribution is 5.71. The molecular formula is C14H15N2O6+. The molecule has 22 heavy (non-hydrogen) atoms. The lowest BCUT2D eigenvalue weighted by Gasteiger charge is -2.29. The zero-order chi connectivity index (χ0) is 15.8. The fourth-order valence-corrected chi connectivity index (χ4v) is 1.80. The number of aliphatic hydroxyl groups is 1. The highest BCUT2D eigenvalue weighted by Gasteiger charge is 2.26. The van der Waals surface area contributed by atoms with Crippen molar-refractivity contribution in [2.24, 2.45) is 0 Å². The Hall–Kier alpha value is -2.63. The van der Waals surface area contributed by atoms with Gasteiger partial charge in [0.1, 0.15) is 6.10 Å². The van der Waals surface area contributed by atoms with Gasteiger partial charge in [-0.25, -0.2) is 4.79 Å². The number of carbonyl (C=O) groups is 1. The average Bonchev–Trinajstić information content (AvgIpc) is 2.55. The van der Waals surface area contributed by atoms with Crippen LogP contribution in [0.2, 0.25) is 0 Å². The van der Waals surface area contributed by atoms with E-state index in [1.807, 2.05) is 30.3 Å². The Morgan fingerprint density at radius 3 is 2.68 bits per heavy atom. The molecule has 1 aromatic carbocycles. The molecule has 0 amide bonds. The van der Waals surface area contributed by atoms with E-state index in [2.05, 4.69) is 9.71 Å². The van der Waals surface area contributed by atoms with Crippen LogP contribution in [-0.4, -0.2) is 37.0 Å². The SMILES string of the molecule is N#[N+]/C=C(/O)OCC(=O)OC1COC(c2ccccc2)OC1. The maximum Gasteiger partial charge on any atom is 0.429 e. The molecule has 1 aromatic rings. The summed E-state index contributed by atoms with van der Waals surface area (Å²) in [6.45, 7) is -0.130. The first-order valence-corrected chi connectivity index (χ1v) is 6.53. The summed E-state index contributed by atoms with van der Waals surface area (Å²) in [5.74, 6) is -1.40. The summed E-state index contributed by atoms with van der Waals surface area (Å²) >= 11 is 0. The molecule has 0 aromatic heterocycles. The van der Waals surface area contributed by atoms with E-state index in [0.717, 1.165) is 5.56 Å². The zero-order valence-corrected chi connectivity index (χ0v) is 11.6. The van der Waals surface area contributed by atoms with Crippen molar-refractivity contribution in [1.82, 2.24) is 0 Å². The Morgan fingerprint density at radius 2 is 2.05 bits per heavy atom. The standard InChI is InChI=1S/C14H14N2O6/c15-16-6-12(17)19-9-13(18)22-11-7-20-14(21-8-11)10-4-2-1-3-5-10/h1-6,11,14H,7-9H2/p+1/b12-6-. The van der Waals surface area contributed by atoms with Crippen LogP contribution in [0.5, 0.6) is 0 Å². The van der Waals surface area contributed by atoms with Crippen molar-refractivity contribution in [3.8, 4) is 0 Å². The summed E-state index contributed by atoms with van der Waals surface area (Å²) in [6, 6.07) is 9.41. The van der Waals surface area contributed by atoms with Crippen molar-refractivity contribution in [2.45, 2.75) is 12.4 Å². The Balaban J connectivity index is 1.72. The minimum Gasteiger partial charge on any atom is -0.476 e. The highest BCUT2D eigenvalue weighted by Crippen LogP contribution is 2.23. The third-order valence-electron chi connectivity index (χ3n) is 2.74. The van der Waals surface area contributed by atoms with Gasteiger partial charge in [-0.3, -0.25) is 0 Å². The van der Waals surface area contributed by atoms with Gasteiger partial charge >= 0.3 is 18.1 Å². The maximum atomic E-state index is 11.5. The molecule has 1 fully saturated rings. The lowest BCUT2D eigenvalue weighted by molar-refractivity contribution is -0.230. The zero-order valence-electron chi connectivity index (χ0n) is 11.6. The van der Waals surface area contributed by atoms with Gasteiger partial charge in [0, 0.05) is 5.56 Å². The van der Waals surface area contributed by atoms with Crippen LogP contribution < -0.4 is 0 Å². The third-order valence-corrected chi connectivity index (χ3v) is 2.74. The highest BCUT2D eigenvalue weighted by atomic mass is 16.7. The van der Waals surface area contributed by atoms with Gasteiger partial charge in [-0.2, -0.15) is 0 Å². The van der Waals surface area contributed by atoms with E-state index in [1.165, 1.54) is 0 Å². The fraction of sp³-hybridized carbons (Fsp3) is 0.357. The number of hydrogen-bond acceptors (Lipinski definition) is 7. The molecule has 0 atom stereocenters. The molecule has 0 saturated carbocycles. The Kier molecular flexibility index (Phi) is 5.71. The number of ether oxygens (including phenoxy) is 4. The summed E-state index contributed by atoms with van der Waals surface area (Å²) in [6.07, 6.45) is -0.389. The van der Waals surface area contributed by atoms with Gasteiger partial charge in [0.15, 0.2) is 17.9 Å². The van der Waals surface area contributed by atoms with Gasteiger partial charge in [-0.1, -0.05) is 30.3 Å². The molecule has 0 unspecified atom stereocenters. The number of diazo groups is 1.